The number of imidazole rings is 1. The monoisotopic (exact) mass is 588 g/mol. The van der Waals surface area contributed by atoms with Crippen LogP contribution in [0.3, 0.4) is 0 Å². The van der Waals surface area contributed by atoms with Crippen LogP contribution in [0.1, 0.15) is 83.9 Å². The lowest BCUT2D eigenvalue weighted by atomic mass is 9.78. The molecule has 9 nitrogen and oxygen atoms in total. The van der Waals surface area contributed by atoms with Crippen LogP contribution >= 0.6 is 0 Å². The first-order valence-electron chi connectivity index (χ1n) is 14.8. The summed E-state index contributed by atoms with van der Waals surface area (Å²) in [6, 6.07) is 14.4. The molecule has 0 radical (unpaired) electrons. The smallest absolute Gasteiger partial charge is 0.303 e. The van der Waals surface area contributed by atoms with Gasteiger partial charge in [0.2, 0.25) is 5.88 Å². The van der Waals surface area contributed by atoms with E-state index in [2.05, 4.69) is 70.8 Å². The van der Waals surface area contributed by atoms with Gasteiger partial charge in [-0.2, -0.15) is 4.98 Å². The molecule has 230 valence electrons. The van der Waals surface area contributed by atoms with E-state index in [4.69, 9.17) is 29.3 Å². The molecular formula is C34H44N4O5. The van der Waals surface area contributed by atoms with Gasteiger partial charge in [-0.3, -0.25) is 4.79 Å². The lowest BCUT2D eigenvalue weighted by molar-refractivity contribution is -0.137. The summed E-state index contributed by atoms with van der Waals surface area (Å²) < 4.78 is 19.7. The van der Waals surface area contributed by atoms with Crippen LogP contribution in [0.15, 0.2) is 48.8 Å². The number of aromatic nitrogens is 4. The first-order valence-corrected chi connectivity index (χ1v) is 14.8. The van der Waals surface area contributed by atoms with Crippen molar-refractivity contribution in [1.29, 1.82) is 0 Å². The normalized spacial score (nSPS) is 12.1. The van der Waals surface area contributed by atoms with E-state index in [0.29, 0.717) is 48.9 Å². The summed E-state index contributed by atoms with van der Waals surface area (Å²) in [6.07, 6.45) is 4.01. The van der Waals surface area contributed by atoms with Crippen molar-refractivity contribution in [3.63, 3.8) is 0 Å². The SMILES string of the molecule is COCOc1c(C(C)(C)C)cc(-c2nc(OCCCCCC(=O)O)c3ncn(Cc4ccccc4)c3n2)cc1C(C)(C)C. The molecule has 0 aliphatic heterocycles. The molecule has 0 aliphatic rings. The number of hydrogen-bond acceptors (Lipinski definition) is 7. The number of methoxy groups -OCH3 is 1. The van der Waals surface area contributed by atoms with Gasteiger partial charge in [-0.25, -0.2) is 9.97 Å². The maximum absolute atomic E-state index is 10.9. The Morgan fingerprint density at radius 1 is 0.907 bits per heavy atom. The maximum atomic E-state index is 10.9. The maximum Gasteiger partial charge on any atom is 0.303 e. The molecule has 2 aromatic carbocycles. The highest BCUT2D eigenvalue weighted by Gasteiger charge is 2.29. The average Bonchev–Trinajstić information content (AvgIpc) is 3.35. The third-order valence-electron chi connectivity index (χ3n) is 7.19. The van der Waals surface area contributed by atoms with Gasteiger partial charge < -0.3 is 23.9 Å². The Morgan fingerprint density at radius 2 is 1.58 bits per heavy atom. The van der Waals surface area contributed by atoms with E-state index in [1.54, 1.807) is 13.4 Å². The van der Waals surface area contributed by atoms with Crippen LogP contribution in [-0.4, -0.2) is 51.1 Å². The quantitative estimate of drug-likeness (QED) is 0.130. The number of fused-ring (bicyclic) bond motifs is 1. The van der Waals surface area contributed by atoms with Gasteiger partial charge in [-0.1, -0.05) is 71.9 Å². The van der Waals surface area contributed by atoms with E-state index in [9.17, 15) is 4.79 Å². The number of carboxylic acids is 1. The zero-order chi connectivity index (χ0) is 31.2. The van der Waals surface area contributed by atoms with Crippen LogP contribution in [0.4, 0.5) is 0 Å². The molecule has 0 atom stereocenters. The molecule has 0 saturated heterocycles. The molecule has 0 spiro atoms. The number of hydrogen-bond donors (Lipinski definition) is 1. The minimum Gasteiger partial charge on any atom is -0.481 e. The Morgan fingerprint density at radius 3 is 2.19 bits per heavy atom. The van der Waals surface area contributed by atoms with Crippen molar-refractivity contribution in [3.8, 4) is 23.0 Å². The highest BCUT2D eigenvalue weighted by molar-refractivity contribution is 5.79. The van der Waals surface area contributed by atoms with Gasteiger partial charge >= 0.3 is 5.97 Å². The topological polar surface area (TPSA) is 109 Å². The number of unbranched alkanes of at least 4 members (excludes halogenated alkanes) is 2. The average molecular weight is 589 g/mol. The zero-order valence-electron chi connectivity index (χ0n) is 26.4. The summed E-state index contributed by atoms with van der Waals surface area (Å²) in [6.45, 7) is 14.1. The van der Waals surface area contributed by atoms with Crippen LogP contribution in [0, 0.1) is 0 Å². The Balaban J connectivity index is 1.83. The molecule has 9 heteroatoms. The minimum absolute atomic E-state index is 0.150. The molecular weight excluding hydrogens is 544 g/mol. The number of carbonyl (C=O) groups is 1. The summed E-state index contributed by atoms with van der Waals surface area (Å²) >= 11 is 0. The fraction of sp³-hybridized carbons (Fsp3) is 0.471. The van der Waals surface area contributed by atoms with Crippen molar-refractivity contribution in [1.82, 2.24) is 19.5 Å². The van der Waals surface area contributed by atoms with Gasteiger partial charge in [0.25, 0.3) is 0 Å². The summed E-state index contributed by atoms with van der Waals surface area (Å²) in [5.74, 6) is 0.991. The fourth-order valence-electron chi connectivity index (χ4n) is 4.91. The second kappa shape index (κ2) is 13.5. The number of carboxylic acid groups (broad SMARTS) is 1. The molecule has 2 heterocycles. The van der Waals surface area contributed by atoms with Crippen molar-refractivity contribution >= 4 is 17.1 Å². The first-order chi connectivity index (χ1) is 20.4. The summed E-state index contributed by atoms with van der Waals surface area (Å²) in [5.41, 5.74) is 4.89. The van der Waals surface area contributed by atoms with Crippen LogP contribution < -0.4 is 9.47 Å². The Hall–Kier alpha value is -3.98. The molecule has 2 aromatic heterocycles. The van der Waals surface area contributed by atoms with Gasteiger partial charge in [0.05, 0.1) is 19.5 Å². The summed E-state index contributed by atoms with van der Waals surface area (Å²) in [7, 11) is 1.62. The highest BCUT2D eigenvalue weighted by Crippen LogP contribution is 2.43. The molecule has 0 aliphatic carbocycles. The number of aliphatic carboxylic acids is 1. The zero-order valence-corrected chi connectivity index (χ0v) is 26.4. The molecule has 0 fully saturated rings. The fourth-order valence-corrected chi connectivity index (χ4v) is 4.91. The molecule has 0 unspecified atom stereocenters. The summed E-state index contributed by atoms with van der Waals surface area (Å²) in [5, 5.41) is 8.94. The number of benzene rings is 2. The number of nitrogens with zero attached hydrogens (tertiary/aromatic N) is 4. The molecule has 0 saturated carbocycles. The van der Waals surface area contributed by atoms with E-state index in [-0.39, 0.29) is 24.0 Å². The van der Waals surface area contributed by atoms with E-state index in [1.165, 1.54) is 0 Å². The van der Waals surface area contributed by atoms with E-state index < -0.39 is 5.97 Å². The van der Waals surface area contributed by atoms with Crippen LogP contribution in [0.5, 0.6) is 11.6 Å². The second-order valence-electron chi connectivity index (χ2n) is 12.9. The standard InChI is InChI=1S/C34H44N4O5/c1-33(2,3)25-18-24(19-26(34(4,5)6)29(25)43-22-41-7)30-36-31-28(32(37-30)42-17-13-9-12-16-27(39)40)35-21-38(31)20-23-14-10-8-11-15-23/h8,10-11,14-15,18-19,21H,9,12-13,16-17,20,22H2,1-7H3,(H,39,40). The lowest BCUT2D eigenvalue weighted by Crippen LogP contribution is -2.21. The Bertz CT molecular complexity index is 1500. The summed E-state index contributed by atoms with van der Waals surface area (Å²) in [4.78, 5) is 25.5. The molecule has 1 N–H and O–H groups in total. The third kappa shape index (κ3) is 8.10. The van der Waals surface area contributed by atoms with Crippen molar-refractivity contribution in [2.45, 2.75) is 84.6 Å². The van der Waals surface area contributed by atoms with Gasteiger partial charge in [-0.05, 0) is 47.8 Å². The van der Waals surface area contributed by atoms with E-state index in [1.807, 2.05) is 22.8 Å². The van der Waals surface area contributed by atoms with Gasteiger partial charge in [-0.15, -0.1) is 0 Å². The Labute approximate surface area is 254 Å². The van der Waals surface area contributed by atoms with Crippen molar-refractivity contribution in [3.05, 3.63) is 65.5 Å². The predicted octanol–water partition coefficient (Wildman–Crippen LogP) is 7.14. The molecule has 43 heavy (non-hydrogen) atoms. The third-order valence-corrected chi connectivity index (χ3v) is 7.19. The predicted molar refractivity (Wildman–Crippen MR) is 168 cm³/mol. The minimum atomic E-state index is -0.782. The largest absolute Gasteiger partial charge is 0.481 e. The Kier molecular flexibility index (Phi) is 10.1. The van der Waals surface area contributed by atoms with Gasteiger partial charge in [0.1, 0.15) is 5.75 Å². The van der Waals surface area contributed by atoms with E-state index >= 15 is 0 Å². The molecule has 4 rings (SSSR count). The van der Waals surface area contributed by atoms with Crippen molar-refractivity contribution in [2.75, 3.05) is 20.5 Å². The van der Waals surface area contributed by atoms with Gasteiger partial charge in [0, 0.05) is 30.2 Å². The second-order valence-corrected chi connectivity index (χ2v) is 12.9. The van der Waals surface area contributed by atoms with Crippen molar-refractivity contribution < 1.29 is 24.1 Å². The lowest BCUT2D eigenvalue weighted by Gasteiger charge is -2.30. The molecule has 0 bridgehead atoms. The highest BCUT2D eigenvalue weighted by atomic mass is 16.7. The van der Waals surface area contributed by atoms with E-state index in [0.717, 1.165) is 34.4 Å². The van der Waals surface area contributed by atoms with Gasteiger partial charge in [0.15, 0.2) is 23.8 Å². The van der Waals surface area contributed by atoms with Crippen LogP contribution in [-0.2, 0) is 26.9 Å². The van der Waals surface area contributed by atoms with Crippen LogP contribution in [0.2, 0.25) is 0 Å². The van der Waals surface area contributed by atoms with Crippen molar-refractivity contribution in [2.24, 2.45) is 0 Å². The number of rotatable bonds is 13. The molecule has 4 aromatic rings. The van der Waals surface area contributed by atoms with Crippen LogP contribution in [0.25, 0.3) is 22.6 Å². The number of ether oxygens (including phenoxy) is 3. The molecule has 0 amide bonds. The first kappa shape index (κ1) is 31.9.